The number of alkyl halides is 3. The number of nitrogens with zero attached hydrogens (tertiary/aromatic N) is 6. The van der Waals surface area contributed by atoms with Crippen molar-refractivity contribution >= 4 is 104 Å². The summed E-state index contributed by atoms with van der Waals surface area (Å²) < 4.78 is 0. The Hall–Kier alpha value is -4.89. The van der Waals surface area contributed by atoms with Crippen molar-refractivity contribution in [3.05, 3.63) is 118 Å². The van der Waals surface area contributed by atoms with Crippen LogP contribution in [0.5, 0.6) is 0 Å². The van der Waals surface area contributed by atoms with Crippen LogP contribution in [0.4, 0.5) is 0 Å². The molecule has 0 radical (unpaired) electrons. The summed E-state index contributed by atoms with van der Waals surface area (Å²) in [5.41, 5.74) is 8.79. The van der Waals surface area contributed by atoms with Gasteiger partial charge in [-0.25, -0.2) is 29.9 Å². The van der Waals surface area contributed by atoms with Crippen molar-refractivity contribution in [3.63, 3.8) is 0 Å². The Labute approximate surface area is 315 Å². The molecule has 0 aromatic carbocycles. The molecule has 11 heteroatoms. The van der Waals surface area contributed by atoms with Crippen LogP contribution in [0, 0.1) is 5.41 Å². The molecule has 3 aromatic rings. The fourth-order valence-electron chi connectivity index (χ4n) is 6.67. The minimum Gasteiger partial charge on any atom is -0.324 e. The molecule has 8 bridgehead atoms. The summed E-state index contributed by atoms with van der Waals surface area (Å²) in [6.45, 7) is 10.1. The van der Waals surface area contributed by atoms with E-state index in [0.29, 0.717) is 45.9 Å². The third-order valence-electron chi connectivity index (χ3n) is 9.73. The summed E-state index contributed by atoms with van der Waals surface area (Å²) in [5.74, 6) is 1.96. The van der Waals surface area contributed by atoms with E-state index in [0.717, 1.165) is 44.5 Å². The van der Waals surface area contributed by atoms with Crippen LogP contribution in [0.25, 0.3) is 69.2 Å². The van der Waals surface area contributed by atoms with Crippen LogP contribution in [-0.2, 0) is 0 Å². The number of H-pyrrole nitrogens is 2. The van der Waals surface area contributed by atoms with Crippen molar-refractivity contribution in [1.29, 1.82) is 0 Å². The van der Waals surface area contributed by atoms with Crippen LogP contribution < -0.4 is 0 Å². The molecule has 2 N–H and O–H groups in total. The van der Waals surface area contributed by atoms with Crippen molar-refractivity contribution in [2.24, 2.45) is 5.41 Å². The third kappa shape index (κ3) is 5.79. The third-order valence-corrected chi connectivity index (χ3v) is 10.5. The topological polar surface area (TPSA) is 109 Å². The molecular formula is C41H33Cl3N8. The number of aromatic nitrogens is 8. The maximum atomic E-state index is 6.83. The first-order chi connectivity index (χ1) is 24.6. The van der Waals surface area contributed by atoms with E-state index in [9.17, 15) is 0 Å². The molecule has 8 nitrogen and oxygen atoms in total. The van der Waals surface area contributed by atoms with E-state index >= 15 is 0 Å². The van der Waals surface area contributed by atoms with Crippen LogP contribution >= 0.6 is 34.8 Å². The molecule has 3 aromatic heterocycles. The zero-order chi connectivity index (χ0) is 36.2. The van der Waals surface area contributed by atoms with Crippen molar-refractivity contribution in [3.8, 4) is 0 Å². The van der Waals surface area contributed by atoms with Gasteiger partial charge in [0.05, 0.1) is 14.6 Å². The van der Waals surface area contributed by atoms with Gasteiger partial charge in [-0.15, -0.1) is 34.8 Å². The molecule has 9 rings (SSSR count). The summed E-state index contributed by atoms with van der Waals surface area (Å²) >= 11 is 20.5. The van der Waals surface area contributed by atoms with Crippen LogP contribution in [0.1, 0.15) is 80.2 Å². The second kappa shape index (κ2) is 11.3. The van der Waals surface area contributed by atoms with Gasteiger partial charge in [0, 0.05) is 50.0 Å². The molecule has 6 aliphatic rings. The molecule has 52 heavy (non-hydrogen) atoms. The van der Waals surface area contributed by atoms with Crippen LogP contribution in [0.15, 0.2) is 72.9 Å². The summed E-state index contributed by atoms with van der Waals surface area (Å²) in [6.07, 6.45) is 32.0. The first-order valence-corrected chi connectivity index (χ1v) is 18.2. The zero-order valence-electron chi connectivity index (χ0n) is 29.1. The molecular weight excluding hydrogens is 711 g/mol. The molecule has 0 saturated carbocycles. The van der Waals surface area contributed by atoms with Crippen molar-refractivity contribution in [2.45, 2.75) is 49.2 Å². The molecule has 5 heterocycles. The van der Waals surface area contributed by atoms with E-state index in [1.807, 2.05) is 93.7 Å². The molecule has 0 spiro atoms. The Morgan fingerprint density at radius 2 is 0.615 bits per heavy atom. The lowest BCUT2D eigenvalue weighted by atomic mass is 9.93. The predicted octanol–water partition coefficient (Wildman–Crippen LogP) is 10.1. The highest BCUT2D eigenvalue weighted by Gasteiger charge is 2.29. The van der Waals surface area contributed by atoms with Gasteiger partial charge in [-0.1, -0.05) is 111 Å². The summed E-state index contributed by atoms with van der Waals surface area (Å²) in [4.78, 5) is 35.7. The number of nitrogens with one attached hydrogen (secondary N) is 2. The lowest BCUT2D eigenvalue weighted by Crippen LogP contribution is -2.06. The van der Waals surface area contributed by atoms with Crippen molar-refractivity contribution < 1.29 is 0 Å². The number of hydrogen-bond acceptors (Lipinski definition) is 6. The van der Waals surface area contributed by atoms with Gasteiger partial charge in [-0.3, -0.25) is 0 Å². The Bertz CT molecular complexity index is 2280. The minimum atomic E-state index is -0.707. The van der Waals surface area contributed by atoms with Gasteiger partial charge in [-0.2, -0.15) is 0 Å². The molecule has 2 unspecified atom stereocenters. The van der Waals surface area contributed by atoms with E-state index in [-0.39, 0.29) is 5.41 Å². The Kier molecular flexibility index (Phi) is 7.17. The number of rotatable bonds is 0. The molecule has 2 aliphatic heterocycles. The second-order valence-corrected chi connectivity index (χ2v) is 17.3. The number of halogens is 3. The summed E-state index contributed by atoms with van der Waals surface area (Å²) in [7, 11) is 0. The van der Waals surface area contributed by atoms with Crippen LogP contribution in [-0.4, -0.2) is 54.5 Å². The Morgan fingerprint density at radius 3 is 0.904 bits per heavy atom. The molecule has 2 atom stereocenters. The number of hydrogen-bond donors (Lipinski definition) is 2. The molecule has 0 saturated heterocycles. The van der Waals surface area contributed by atoms with Crippen LogP contribution in [0.2, 0.25) is 0 Å². The van der Waals surface area contributed by atoms with E-state index in [2.05, 4.69) is 48.1 Å². The summed E-state index contributed by atoms with van der Waals surface area (Å²) in [5, 5.41) is 0. The lowest BCUT2D eigenvalue weighted by Gasteiger charge is -2.12. The van der Waals surface area contributed by atoms with Gasteiger partial charge in [0.15, 0.2) is 23.3 Å². The Balaban J connectivity index is 1.45. The zero-order valence-corrected chi connectivity index (χ0v) is 31.3. The van der Waals surface area contributed by atoms with E-state index in [1.165, 1.54) is 0 Å². The normalized spacial score (nSPS) is 26.5. The van der Waals surface area contributed by atoms with E-state index < -0.39 is 14.6 Å². The Morgan fingerprint density at radius 1 is 0.365 bits per heavy atom. The average Bonchev–Trinajstić information content (AvgIpc) is 3.62. The highest BCUT2D eigenvalue weighted by Crippen LogP contribution is 2.39. The van der Waals surface area contributed by atoms with Crippen molar-refractivity contribution in [1.82, 2.24) is 39.9 Å². The van der Waals surface area contributed by atoms with Crippen LogP contribution in [0.3, 0.4) is 0 Å². The highest BCUT2D eigenvalue weighted by atomic mass is 35.5. The predicted molar refractivity (Wildman–Crippen MR) is 215 cm³/mol. The standard InChI is InChI=1S/C41H33Cl3N8/c1-38(2)14-6-22-23(7-15-38)31-45-30(22)46-32-24-8-16-39(3,42)18-10-26(24)34(48-32)50-36-28-12-20-41(5,44)21-13-29(28)37(52-36)51-35-27-11-19-40(4,43)17-9-25(27)33(47-31)49-35/h6-21H,1-5H3,(H2,45,46,47,48,49,50,51,52). The largest absolute Gasteiger partial charge is 0.324 e. The molecule has 0 fully saturated rings. The minimum absolute atomic E-state index is 0.187. The number of allylic oxidation sites excluding steroid dienone is 16. The van der Waals surface area contributed by atoms with Gasteiger partial charge >= 0.3 is 0 Å². The maximum absolute atomic E-state index is 6.83. The fraction of sp³-hybridized carbons (Fsp3) is 0.220. The first kappa shape index (κ1) is 33.0. The van der Waals surface area contributed by atoms with Gasteiger partial charge in [0.25, 0.3) is 0 Å². The first-order valence-electron chi connectivity index (χ1n) is 17.0. The maximum Gasteiger partial charge on any atom is 0.164 e. The lowest BCUT2D eigenvalue weighted by molar-refractivity contribution is 0.633. The van der Waals surface area contributed by atoms with E-state index in [1.54, 1.807) is 0 Å². The molecule has 0 amide bonds. The number of fused-ring (bicyclic) bond motifs is 18. The average molecular weight is 744 g/mol. The highest BCUT2D eigenvalue weighted by molar-refractivity contribution is 6.28. The van der Waals surface area contributed by atoms with Crippen molar-refractivity contribution in [2.75, 3.05) is 0 Å². The van der Waals surface area contributed by atoms with E-state index in [4.69, 9.17) is 64.7 Å². The van der Waals surface area contributed by atoms with Gasteiger partial charge in [0.1, 0.15) is 22.6 Å². The summed E-state index contributed by atoms with van der Waals surface area (Å²) in [6, 6.07) is 0. The molecule has 258 valence electrons. The number of aromatic amines is 2. The quantitative estimate of drug-likeness (QED) is 0.222. The monoisotopic (exact) mass is 742 g/mol. The molecule has 4 aliphatic carbocycles. The smallest absolute Gasteiger partial charge is 0.164 e. The SMILES string of the molecule is CC1(C)C=Cc2c(c3nc4nc(nc5[nH]c(nc6nc(nc2[nH]3)C2=C6C=CC(C)(Cl)C=C2)c2c5C=CC(C)(Cl)C=C2)C2=C4C=CC(C)(Cl)C=C2)C=C1. The second-order valence-electron chi connectivity index (χ2n) is 14.9. The van der Waals surface area contributed by atoms with Gasteiger partial charge < -0.3 is 9.97 Å². The van der Waals surface area contributed by atoms with Gasteiger partial charge in [0.2, 0.25) is 0 Å². The fourth-order valence-corrected chi connectivity index (χ4v) is 7.05. The van der Waals surface area contributed by atoms with Gasteiger partial charge in [-0.05, 0) is 20.8 Å².